The highest BCUT2D eigenvalue weighted by molar-refractivity contribution is 6.11. The Labute approximate surface area is 79.9 Å². The van der Waals surface area contributed by atoms with Crippen LogP contribution in [-0.4, -0.2) is 23.1 Å². The molecule has 4 nitrogen and oxygen atoms in total. The molecule has 1 heterocycles. The molecule has 0 aromatic heterocycles. The van der Waals surface area contributed by atoms with Gasteiger partial charge >= 0.3 is 5.97 Å². The summed E-state index contributed by atoms with van der Waals surface area (Å²) in [7, 11) is 0. The van der Waals surface area contributed by atoms with Crippen LogP contribution in [-0.2, 0) is 0 Å². The first-order chi connectivity index (χ1) is 6.68. The first-order valence-corrected chi connectivity index (χ1v) is 4.11. The third kappa shape index (κ3) is 1.31. The highest BCUT2D eigenvalue weighted by Crippen LogP contribution is 2.24. The lowest BCUT2D eigenvalue weighted by Crippen LogP contribution is -2.06. The number of nitrogens with zero attached hydrogens (tertiary/aromatic N) is 1. The van der Waals surface area contributed by atoms with Gasteiger partial charge in [0.25, 0.3) is 0 Å². The summed E-state index contributed by atoms with van der Waals surface area (Å²) in [5.74, 6) is -1.12. The summed E-state index contributed by atoms with van der Waals surface area (Å²) < 4.78 is 0. The summed E-state index contributed by atoms with van der Waals surface area (Å²) in [5.41, 5.74) is 1.06. The molecule has 0 radical (unpaired) electrons. The third-order valence-electron chi connectivity index (χ3n) is 2.05. The molecule has 1 aliphatic rings. The van der Waals surface area contributed by atoms with Gasteiger partial charge in [-0.15, -0.1) is 0 Å². The highest BCUT2D eigenvalue weighted by Gasteiger charge is 2.16. The maximum absolute atomic E-state index is 11.4. The number of carboxylic acids is 1. The van der Waals surface area contributed by atoms with Crippen molar-refractivity contribution in [3.8, 4) is 0 Å². The molecule has 0 spiro atoms. The largest absolute Gasteiger partial charge is 0.478 e. The van der Waals surface area contributed by atoms with Gasteiger partial charge in [0.15, 0.2) is 5.78 Å². The molecule has 0 saturated heterocycles. The van der Waals surface area contributed by atoms with Gasteiger partial charge in [0.05, 0.1) is 11.3 Å². The number of aliphatic imine (C=N–C) groups is 1. The van der Waals surface area contributed by atoms with E-state index in [4.69, 9.17) is 5.11 Å². The molecule has 0 unspecified atom stereocenters. The van der Waals surface area contributed by atoms with Crippen LogP contribution >= 0.6 is 0 Å². The van der Waals surface area contributed by atoms with E-state index in [9.17, 15) is 9.59 Å². The molecular weight excluding hydrogens is 182 g/mol. The number of benzene rings is 1. The van der Waals surface area contributed by atoms with Crippen LogP contribution in [0.5, 0.6) is 0 Å². The topological polar surface area (TPSA) is 66.7 Å². The first-order valence-electron chi connectivity index (χ1n) is 4.11. The summed E-state index contributed by atoms with van der Waals surface area (Å²) in [5, 5.41) is 8.72. The van der Waals surface area contributed by atoms with Crippen molar-refractivity contribution >= 4 is 23.7 Å². The van der Waals surface area contributed by atoms with Crippen LogP contribution < -0.4 is 0 Å². The zero-order valence-electron chi connectivity index (χ0n) is 7.23. The predicted octanol–water partition coefficient (Wildman–Crippen LogP) is 1.67. The molecule has 14 heavy (non-hydrogen) atoms. The van der Waals surface area contributed by atoms with Crippen molar-refractivity contribution in [3.63, 3.8) is 0 Å². The van der Waals surface area contributed by atoms with Crippen molar-refractivity contribution in [1.82, 2.24) is 0 Å². The van der Waals surface area contributed by atoms with Crippen molar-refractivity contribution in [2.24, 2.45) is 4.99 Å². The maximum Gasteiger partial charge on any atom is 0.335 e. The van der Waals surface area contributed by atoms with Gasteiger partial charge in [-0.1, -0.05) is 0 Å². The number of ketones is 1. The van der Waals surface area contributed by atoms with Gasteiger partial charge in [-0.05, 0) is 18.2 Å². The van der Waals surface area contributed by atoms with E-state index in [2.05, 4.69) is 4.99 Å². The van der Waals surface area contributed by atoms with Crippen LogP contribution in [0.2, 0.25) is 0 Å². The fourth-order valence-corrected chi connectivity index (χ4v) is 1.34. The van der Waals surface area contributed by atoms with E-state index in [-0.39, 0.29) is 17.8 Å². The normalized spacial score (nSPS) is 13.9. The minimum atomic E-state index is -1.03. The van der Waals surface area contributed by atoms with Crippen molar-refractivity contribution in [3.05, 3.63) is 29.3 Å². The first kappa shape index (κ1) is 8.62. The Balaban J connectivity index is 2.57. The van der Waals surface area contributed by atoms with Crippen LogP contribution in [0.25, 0.3) is 0 Å². The average Bonchev–Trinajstić information content (AvgIpc) is 2.18. The minimum Gasteiger partial charge on any atom is -0.478 e. The number of hydrogen-bond acceptors (Lipinski definition) is 3. The Hall–Kier alpha value is -1.97. The van der Waals surface area contributed by atoms with Crippen LogP contribution in [0.4, 0.5) is 5.69 Å². The zero-order chi connectivity index (χ0) is 10.1. The lowest BCUT2D eigenvalue weighted by atomic mass is 10.0. The van der Waals surface area contributed by atoms with Crippen molar-refractivity contribution in [1.29, 1.82) is 0 Å². The third-order valence-corrected chi connectivity index (χ3v) is 2.05. The van der Waals surface area contributed by atoms with Crippen molar-refractivity contribution in [2.45, 2.75) is 6.42 Å². The molecule has 0 fully saturated rings. The molecule has 1 aliphatic heterocycles. The molecule has 0 bridgehead atoms. The van der Waals surface area contributed by atoms with Crippen LogP contribution in [0.1, 0.15) is 27.1 Å². The molecule has 70 valence electrons. The van der Waals surface area contributed by atoms with Crippen LogP contribution in [0, 0.1) is 0 Å². The molecule has 1 aromatic rings. The van der Waals surface area contributed by atoms with Crippen LogP contribution in [0.15, 0.2) is 23.2 Å². The number of carbonyl (C=O) groups is 2. The Morgan fingerprint density at radius 1 is 1.43 bits per heavy atom. The average molecular weight is 189 g/mol. The smallest absolute Gasteiger partial charge is 0.335 e. The molecule has 0 aliphatic carbocycles. The SMILES string of the molecule is O=C(O)c1ccc2c(c1)C(=O)CC=N2. The summed E-state index contributed by atoms with van der Waals surface area (Å²) in [6.07, 6.45) is 1.78. The van der Waals surface area contributed by atoms with Crippen molar-refractivity contribution < 1.29 is 14.7 Å². The molecule has 2 rings (SSSR count). The summed E-state index contributed by atoms with van der Waals surface area (Å²) in [6.45, 7) is 0. The standard InChI is InChI=1S/C10H7NO3/c12-9-3-4-11-8-2-1-6(10(13)14)5-7(8)9/h1-2,4-5H,3H2,(H,13,14). The van der Waals surface area contributed by atoms with Gasteiger partial charge < -0.3 is 5.11 Å². The molecule has 0 saturated carbocycles. The fraction of sp³-hybridized carbons (Fsp3) is 0.100. The molecule has 1 aromatic carbocycles. The number of carbonyl (C=O) groups excluding carboxylic acids is 1. The zero-order valence-corrected chi connectivity index (χ0v) is 7.23. The lowest BCUT2D eigenvalue weighted by Gasteiger charge is -2.08. The van der Waals surface area contributed by atoms with E-state index in [1.54, 1.807) is 6.07 Å². The molecule has 1 N–H and O–H groups in total. The number of fused-ring (bicyclic) bond motifs is 1. The second-order valence-electron chi connectivity index (χ2n) is 2.98. The quantitative estimate of drug-likeness (QED) is 0.730. The van der Waals surface area contributed by atoms with E-state index in [1.807, 2.05) is 0 Å². The Morgan fingerprint density at radius 2 is 2.21 bits per heavy atom. The van der Waals surface area contributed by atoms with Gasteiger partial charge in [-0.25, -0.2) is 4.79 Å². The maximum atomic E-state index is 11.4. The number of hydrogen-bond donors (Lipinski definition) is 1. The second kappa shape index (κ2) is 3.06. The fourth-order valence-electron chi connectivity index (χ4n) is 1.34. The van der Waals surface area contributed by atoms with E-state index in [0.717, 1.165) is 0 Å². The van der Waals surface area contributed by atoms with Crippen LogP contribution in [0.3, 0.4) is 0 Å². The molecular formula is C10H7NO3. The number of aromatic carboxylic acids is 1. The Morgan fingerprint density at radius 3 is 2.93 bits per heavy atom. The van der Waals surface area contributed by atoms with Gasteiger partial charge in [0.2, 0.25) is 0 Å². The second-order valence-corrected chi connectivity index (χ2v) is 2.98. The van der Waals surface area contributed by atoms with E-state index >= 15 is 0 Å². The molecule has 4 heteroatoms. The van der Waals surface area contributed by atoms with Gasteiger partial charge in [0, 0.05) is 18.2 Å². The molecule has 0 atom stereocenters. The van der Waals surface area contributed by atoms with Gasteiger partial charge in [0.1, 0.15) is 0 Å². The summed E-state index contributed by atoms with van der Waals surface area (Å²) in [6, 6.07) is 4.36. The van der Waals surface area contributed by atoms with Gasteiger partial charge in [-0.3, -0.25) is 9.79 Å². The Bertz CT molecular complexity index is 449. The number of rotatable bonds is 1. The van der Waals surface area contributed by atoms with Crippen molar-refractivity contribution in [2.75, 3.05) is 0 Å². The Kier molecular flexibility index (Phi) is 1.89. The van der Waals surface area contributed by atoms with E-state index in [1.165, 1.54) is 18.3 Å². The monoisotopic (exact) mass is 189 g/mol. The highest BCUT2D eigenvalue weighted by atomic mass is 16.4. The van der Waals surface area contributed by atoms with Gasteiger partial charge in [-0.2, -0.15) is 0 Å². The summed E-state index contributed by atoms with van der Waals surface area (Å²) >= 11 is 0. The lowest BCUT2D eigenvalue weighted by molar-refractivity contribution is 0.0697. The number of Topliss-reactive ketones (excluding diaryl/α,β-unsaturated/α-hetero) is 1. The number of carboxylic acid groups (broad SMARTS) is 1. The minimum absolute atomic E-state index is 0.0851. The molecule has 0 amide bonds. The van der Waals surface area contributed by atoms with E-state index in [0.29, 0.717) is 11.3 Å². The summed E-state index contributed by atoms with van der Waals surface area (Å²) in [4.78, 5) is 26.0. The van der Waals surface area contributed by atoms with E-state index < -0.39 is 5.97 Å². The predicted molar refractivity (Wildman–Crippen MR) is 50.5 cm³/mol.